The molecule has 0 unspecified atom stereocenters. The lowest BCUT2D eigenvalue weighted by atomic mass is 9.98. The summed E-state index contributed by atoms with van der Waals surface area (Å²) in [7, 11) is 0. The van der Waals surface area contributed by atoms with Crippen LogP contribution in [-0.2, 0) is 19.4 Å². The predicted octanol–water partition coefficient (Wildman–Crippen LogP) is 2.35. The van der Waals surface area contributed by atoms with E-state index in [1.807, 2.05) is 19.1 Å². The number of fused-ring (bicyclic) bond motifs is 3. The molecule has 0 saturated carbocycles. The average Bonchev–Trinajstić information content (AvgIpc) is 2.78. The van der Waals surface area contributed by atoms with Gasteiger partial charge in [-0.25, -0.2) is 9.37 Å². The maximum absolute atomic E-state index is 13.1. The number of aromatic amines is 1. The van der Waals surface area contributed by atoms with E-state index in [9.17, 15) is 9.18 Å². The van der Waals surface area contributed by atoms with Crippen LogP contribution in [0.15, 0.2) is 29.1 Å². The molecule has 1 fully saturated rings. The summed E-state index contributed by atoms with van der Waals surface area (Å²) in [4.78, 5) is 22.1. The third kappa shape index (κ3) is 2.70. The van der Waals surface area contributed by atoms with Gasteiger partial charge >= 0.3 is 0 Å². The van der Waals surface area contributed by atoms with E-state index < -0.39 is 0 Å². The summed E-state index contributed by atoms with van der Waals surface area (Å²) in [5, 5.41) is 0. The normalized spacial score (nSPS) is 23.6. The molecule has 4 nitrogen and oxygen atoms in total. The summed E-state index contributed by atoms with van der Waals surface area (Å²) < 4.78 is 13.1. The number of benzene rings is 1. The van der Waals surface area contributed by atoms with Gasteiger partial charge < -0.3 is 4.98 Å². The number of hydrogen-bond donors (Lipinski definition) is 1. The number of aromatic nitrogens is 2. The number of aryl methyl sites for hydroxylation is 1. The zero-order valence-corrected chi connectivity index (χ0v) is 13.2. The van der Waals surface area contributed by atoms with Crippen LogP contribution in [-0.4, -0.2) is 27.0 Å². The molecule has 2 aliphatic rings. The highest BCUT2D eigenvalue weighted by molar-refractivity contribution is 5.25. The highest BCUT2D eigenvalue weighted by Gasteiger charge is 2.38. The van der Waals surface area contributed by atoms with E-state index in [2.05, 4.69) is 14.9 Å². The molecule has 1 aromatic carbocycles. The van der Waals surface area contributed by atoms with Crippen molar-refractivity contribution in [1.29, 1.82) is 0 Å². The number of halogens is 1. The van der Waals surface area contributed by atoms with Crippen molar-refractivity contribution in [3.63, 3.8) is 0 Å². The van der Waals surface area contributed by atoms with Gasteiger partial charge in [-0.2, -0.15) is 0 Å². The number of H-pyrrole nitrogens is 1. The van der Waals surface area contributed by atoms with E-state index in [1.54, 1.807) is 0 Å². The largest absolute Gasteiger partial charge is 0.311 e. The molecule has 1 saturated heterocycles. The van der Waals surface area contributed by atoms with E-state index >= 15 is 0 Å². The Morgan fingerprint density at radius 3 is 2.65 bits per heavy atom. The molecular weight excluding hydrogens is 293 g/mol. The van der Waals surface area contributed by atoms with Crippen LogP contribution in [0, 0.1) is 12.7 Å². The first kappa shape index (κ1) is 14.6. The second kappa shape index (κ2) is 5.57. The molecule has 0 spiro atoms. The third-order valence-electron chi connectivity index (χ3n) is 5.14. The second-order valence-electron chi connectivity index (χ2n) is 6.67. The molecule has 0 amide bonds. The molecule has 0 radical (unpaired) electrons. The zero-order chi connectivity index (χ0) is 16.0. The first-order valence-corrected chi connectivity index (χ1v) is 8.19. The lowest BCUT2D eigenvalue weighted by molar-refractivity contribution is 0.187. The van der Waals surface area contributed by atoms with E-state index in [0.717, 1.165) is 49.0 Å². The zero-order valence-electron chi connectivity index (χ0n) is 13.2. The maximum Gasteiger partial charge on any atom is 0.254 e. The Hall–Kier alpha value is -2.01. The predicted molar refractivity (Wildman–Crippen MR) is 85.8 cm³/mol. The number of rotatable bonds is 2. The van der Waals surface area contributed by atoms with Crippen molar-refractivity contribution in [2.45, 2.75) is 51.2 Å². The molecule has 23 heavy (non-hydrogen) atoms. The summed E-state index contributed by atoms with van der Waals surface area (Å²) >= 11 is 0. The van der Waals surface area contributed by atoms with Crippen molar-refractivity contribution in [1.82, 2.24) is 14.9 Å². The van der Waals surface area contributed by atoms with Gasteiger partial charge in [0, 0.05) is 30.6 Å². The summed E-state index contributed by atoms with van der Waals surface area (Å²) in [5.74, 6) is 0.489. The molecule has 3 heterocycles. The third-order valence-corrected chi connectivity index (χ3v) is 5.14. The Morgan fingerprint density at radius 2 is 1.91 bits per heavy atom. The van der Waals surface area contributed by atoms with Crippen molar-refractivity contribution in [3.05, 3.63) is 63.1 Å². The van der Waals surface area contributed by atoms with Crippen LogP contribution in [0.25, 0.3) is 0 Å². The van der Waals surface area contributed by atoms with Gasteiger partial charge in [-0.05, 0) is 43.9 Å². The lowest BCUT2D eigenvalue weighted by Crippen LogP contribution is -2.36. The molecule has 2 bridgehead atoms. The van der Waals surface area contributed by atoms with Gasteiger partial charge in [-0.15, -0.1) is 0 Å². The van der Waals surface area contributed by atoms with Crippen LogP contribution in [0.4, 0.5) is 4.39 Å². The fourth-order valence-electron chi connectivity index (χ4n) is 4.02. The van der Waals surface area contributed by atoms with Gasteiger partial charge in [0.15, 0.2) is 0 Å². The van der Waals surface area contributed by atoms with E-state index in [0.29, 0.717) is 17.9 Å². The van der Waals surface area contributed by atoms with Gasteiger partial charge in [0.2, 0.25) is 0 Å². The molecule has 2 aromatic rings. The molecular formula is C18H20FN3O. The lowest BCUT2D eigenvalue weighted by Gasteiger charge is -2.27. The molecule has 1 aromatic heterocycles. The molecule has 0 aliphatic carbocycles. The molecule has 1 N–H and O–H groups in total. The van der Waals surface area contributed by atoms with Crippen LogP contribution >= 0.6 is 0 Å². The monoisotopic (exact) mass is 313 g/mol. The van der Waals surface area contributed by atoms with Crippen LogP contribution in [0.2, 0.25) is 0 Å². The summed E-state index contributed by atoms with van der Waals surface area (Å²) in [6, 6.07) is 7.51. The van der Waals surface area contributed by atoms with Gasteiger partial charge in [-0.3, -0.25) is 9.69 Å². The van der Waals surface area contributed by atoms with Crippen molar-refractivity contribution in [3.8, 4) is 0 Å². The first-order chi connectivity index (χ1) is 11.1. The molecule has 2 aliphatic heterocycles. The number of hydrogen-bond acceptors (Lipinski definition) is 3. The Labute approximate surface area is 134 Å². The quantitative estimate of drug-likeness (QED) is 0.926. The van der Waals surface area contributed by atoms with E-state index in [4.69, 9.17) is 0 Å². The summed E-state index contributed by atoms with van der Waals surface area (Å²) in [6.07, 6.45) is 3.84. The molecule has 5 heteroatoms. The van der Waals surface area contributed by atoms with Gasteiger partial charge in [0.1, 0.15) is 11.6 Å². The number of nitrogens with one attached hydrogen (secondary N) is 1. The van der Waals surface area contributed by atoms with Crippen molar-refractivity contribution < 1.29 is 4.39 Å². The van der Waals surface area contributed by atoms with E-state index in [1.165, 1.54) is 12.1 Å². The van der Waals surface area contributed by atoms with Crippen LogP contribution in [0.3, 0.4) is 0 Å². The topological polar surface area (TPSA) is 49.0 Å². The maximum atomic E-state index is 13.1. The Balaban J connectivity index is 1.64. The minimum atomic E-state index is -0.203. The Bertz CT molecular complexity index is 784. The van der Waals surface area contributed by atoms with Crippen molar-refractivity contribution in [2.75, 3.05) is 0 Å². The Morgan fingerprint density at radius 1 is 1.22 bits per heavy atom. The van der Waals surface area contributed by atoms with Crippen LogP contribution in [0.5, 0.6) is 0 Å². The fraction of sp³-hybridized carbons (Fsp3) is 0.444. The highest BCUT2D eigenvalue weighted by atomic mass is 19.1. The Kier molecular flexibility index (Phi) is 3.53. The van der Waals surface area contributed by atoms with Crippen LogP contribution in [0.1, 0.15) is 35.5 Å². The fourth-order valence-corrected chi connectivity index (χ4v) is 4.02. The van der Waals surface area contributed by atoms with Gasteiger partial charge in [0.05, 0.1) is 5.69 Å². The van der Waals surface area contributed by atoms with Crippen molar-refractivity contribution >= 4 is 0 Å². The van der Waals surface area contributed by atoms with Gasteiger partial charge in [0.25, 0.3) is 5.56 Å². The average molecular weight is 313 g/mol. The SMILES string of the molecule is Cc1nc2c(c(=O)[nH]1)C[C@H]1CC[C@@H](C2)N1Cc1ccc(F)cc1. The van der Waals surface area contributed by atoms with Gasteiger partial charge in [-0.1, -0.05) is 12.1 Å². The minimum absolute atomic E-state index is 0.0155. The first-order valence-electron chi connectivity index (χ1n) is 8.19. The minimum Gasteiger partial charge on any atom is -0.311 e. The summed E-state index contributed by atoms with van der Waals surface area (Å²) in [6.45, 7) is 2.64. The van der Waals surface area contributed by atoms with E-state index in [-0.39, 0.29) is 11.4 Å². The second-order valence-corrected chi connectivity index (χ2v) is 6.67. The number of nitrogens with zero attached hydrogens (tertiary/aromatic N) is 2. The molecule has 2 atom stereocenters. The summed E-state index contributed by atoms with van der Waals surface area (Å²) in [5.41, 5.74) is 2.95. The highest BCUT2D eigenvalue weighted by Crippen LogP contribution is 2.33. The standard InChI is InChI=1S/C18H20FN3O/c1-11-20-17-9-15-7-6-14(8-16(17)18(23)21-11)22(15)10-12-2-4-13(19)5-3-12/h2-5,14-15H,6-10H2,1H3,(H,20,21,23)/t14-,15+/m1/s1. The van der Waals surface area contributed by atoms with Crippen molar-refractivity contribution in [2.24, 2.45) is 0 Å². The smallest absolute Gasteiger partial charge is 0.254 e. The van der Waals surface area contributed by atoms with Crippen LogP contribution < -0.4 is 5.56 Å². The molecule has 120 valence electrons. The molecule has 4 rings (SSSR count).